The predicted molar refractivity (Wildman–Crippen MR) is 115 cm³/mol. The van der Waals surface area contributed by atoms with Gasteiger partial charge in [0.05, 0.1) is 6.10 Å². The minimum absolute atomic E-state index is 0.207. The summed E-state index contributed by atoms with van der Waals surface area (Å²) in [6.07, 6.45) is 4.77. The van der Waals surface area contributed by atoms with Crippen LogP contribution in [-0.2, 0) is 6.42 Å². The van der Waals surface area contributed by atoms with Crippen molar-refractivity contribution in [3.63, 3.8) is 0 Å². The Morgan fingerprint density at radius 2 is 1.75 bits per heavy atom. The van der Waals surface area contributed by atoms with Gasteiger partial charge in [0.25, 0.3) is 0 Å². The monoisotopic (exact) mass is 382 g/mol. The van der Waals surface area contributed by atoms with Crippen LogP contribution in [0.4, 0.5) is 0 Å². The van der Waals surface area contributed by atoms with Gasteiger partial charge in [0.2, 0.25) is 5.91 Å². The minimum Gasteiger partial charge on any atom is -0.391 e. The van der Waals surface area contributed by atoms with Crippen LogP contribution in [-0.4, -0.2) is 29.7 Å². The number of benzene rings is 2. The number of unbranched alkanes of at least 4 members (excludes halogenated alkanes) is 2. The summed E-state index contributed by atoms with van der Waals surface area (Å²) >= 11 is 0. The first kappa shape index (κ1) is 22.1. The zero-order valence-corrected chi connectivity index (χ0v) is 17.1. The molecule has 4 heteroatoms. The Bertz CT molecular complexity index is 718. The number of aliphatic hydroxyl groups is 1. The summed E-state index contributed by atoms with van der Waals surface area (Å²) < 4.78 is 0. The Balaban J connectivity index is 2.15. The largest absolute Gasteiger partial charge is 0.391 e. The number of rotatable bonds is 12. The molecule has 0 saturated carbocycles. The van der Waals surface area contributed by atoms with E-state index in [4.69, 9.17) is 5.73 Å². The Hall–Kier alpha value is -2.17. The van der Waals surface area contributed by atoms with Crippen LogP contribution in [0.25, 0.3) is 0 Å². The van der Waals surface area contributed by atoms with Gasteiger partial charge in [0.15, 0.2) is 0 Å². The molecule has 2 rings (SSSR count). The maximum absolute atomic E-state index is 11.9. The molecule has 152 valence electrons. The predicted octanol–water partition coefficient (Wildman–Crippen LogP) is 4.03. The first-order valence-corrected chi connectivity index (χ1v) is 10.4. The molecule has 0 bridgehead atoms. The molecule has 0 radical (unpaired) electrons. The molecule has 3 atom stereocenters. The topological polar surface area (TPSA) is 75.3 Å². The van der Waals surface area contributed by atoms with Crippen molar-refractivity contribution in [2.45, 2.75) is 64.0 Å². The molecule has 0 spiro atoms. The van der Waals surface area contributed by atoms with Gasteiger partial charge in [0, 0.05) is 24.1 Å². The minimum atomic E-state index is -0.616. The first-order chi connectivity index (χ1) is 13.5. The number of hydrogen-bond donors (Lipinski definition) is 3. The number of hydrogen-bond acceptors (Lipinski definition) is 3. The number of aliphatic hydroxyl groups excluding tert-OH is 1. The molecule has 0 fully saturated rings. The lowest BCUT2D eigenvalue weighted by Crippen LogP contribution is -2.38. The molecule has 0 heterocycles. The van der Waals surface area contributed by atoms with E-state index in [1.807, 2.05) is 48.5 Å². The summed E-state index contributed by atoms with van der Waals surface area (Å²) in [7, 11) is 0. The van der Waals surface area contributed by atoms with Gasteiger partial charge in [0.1, 0.15) is 0 Å². The van der Waals surface area contributed by atoms with Crippen LogP contribution in [0.2, 0.25) is 0 Å². The Kier molecular flexibility index (Phi) is 9.18. The van der Waals surface area contributed by atoms with Crippen LogP contribution < -0.4 is 11.1 Å². The highest BCUT2D eigenvalue weighted by atomic mass is 16.3. The quantitative estimate of drug-likeness (QED) is 0.485. The van der Waals surface area contributed by atoms with Crippen molar-refractivity contribution < 1.29 is 9.90 Å². The molecule has 0 saturated heterocycles. The lowest BCUT2D eigenvalue weighted by molar-refractivity contribution is 0.0995. The molecule has 1 unspecified atom stereocenters. The molecule has 0 aliphatic carbocycles. The summed E-state index contributed by atoms with van der Waals surface area (Å²) in [6, 6.07) is 17.8. The second-order valence-corrected chi connectivity index (χ2v) is 7.62. The average molecular weight is 383 g/mol. The zero-order chi connectivity index (χ0) is 20.4. The number of amides is 1. The number of carbonyl (C=O) groups is 1. The van der Waals surface area contributed by atoms with Crippen molar-refractivity contribution in [3.05, 3.63) is 71.3 Å². The van der Waals surface area contributed by atoms with Gasteiger partial charge in [-0.3, -0.25) is 4.79 Å². The fraction of sp³-hybridized carbons (Fsp3) is 0.458. The van der Waals surface area contributed by atoms with E-state index >= 15 is 0 Å². The third-order valence-electron chi connectivity index (χ3n) is 5.30. The molecule has 2 aromatic rings. The van der Waals surface area contributed by atoms with Crippen LogP contribution in [0, 0.1) is 0 Å². The standard InChI is InChI=1S/C24H34N2O2/c1-3-4-6-11-18(2)26-17-23(27)22(16-19-12-7-5-8-13-19)20-14-9-10-15-21(20)24(25)28/h5,7-10,12-15,18,22-23,26-27H,3-4,6,11,16-17H2,1-2H3,(H2,25,28)/t18?,22-,23-/m0/s1. The van der Waals surface area contributed by atoms with Crippen LogP contribution in [0.5, 0.6) is 0 Å². The molecule has 4 nitrogen and oxygen atoms in total. The smallest absolute Gasteiger partial charge is 0.248 e. The summed E-state index contributed by atoms with van der Waals surface area (Å²) in [6.45, 7) is 4.84. The van der Waals surface area contributed by atoms with E-state index in [0.29, 0.717) is 24.6 Å². The molecule has 4 N–H and O–H groups in total. The van der Waals surface area contributed by atoms with Gasteiger partial charge in [-0.15, -0.1) is 0 Å². The Morgan fingerprint density at radius 3 is 2.43 bits per heavy atom. The van der Waals surface area contributed by atoms with Crippen molar-refractivity contribution in [2.75, 3.05) is 6.54 Å². The number of primary amides is 1. The third kappa shape index (κ3) is 6.77. The lowest BCUT2D eigenvalue weighted by Gasteiger charge is -2.27. The highest BCUT2D eigenvalue weighted by Gasteiger charge is 2.25. The van der Waals surface area contributed by atoms with E-state index in [1.54, 1.807) is 6.07 Å². The Labute approximate surface area is 169 Å². The van der Waals surface area contributed by atoms with E-state index in [0.717, 1.165) is 17.5 Å². The second-order valence-electron chi connectivity index (χ2n) is 7.62. The summed E-state index contributed by atoms with van der Waals surface area (Å²) in [5.74, 6) is -0.664. The molecular weight excluding hydrogens is 348 g/mol. The fourth-order valence-electron chi connectivity index (χ4n) is 3.63. The highest BCUT2D eigenvalue weighted by Crippen LogP contribution is 2.27. The fourth-order valence-corrected chi connectivity index (χ4v) is 3.63. The van der Waals surface area contributed by atoms with Crippen LogP contribution in [0.1, 0.15) is 66.9 Å². The SMILES string of the molecule is CCCCCC(C)NC[C@H](O)[C@@H](Cc1ccccc1)c1ccccc1C(N)=O. The summed E-state index contributed by atoms with van der Waals surface area (Å²) in [4.78, 5) is 11.9. The van der Waals surface area contributed by atoms with E-state index in [2.05, 4.69) is 19.2 Å². The summed E-state index contributed by atoms with van der Waals surface area (Å²) in [5.41, 5.74) is 8.02. The zero-order valence-electron chi connectivity index (χ0n) is 17.1. The van der Waals surface area contributed by atoms with Gasteiger partial charge in [-0.1, -0.05) is 74.7 Å². The van der Waals surface area contributed by atoms with Crippen molar-refractivity contribution in [3.8, 4) is 0 Å². The van der Waals surface area contributed by atoms with Crippen LogP contribution in [0.15, 0.2) is 54.6 Å². The van der Waals surface area contributed by atoms with Gasteiger partial charge in [-0.2, -0.15) is 0 Å². The van der Waals surface area contributed by atoms with Gasteiger partial charge >= 0.3 is 0 Å². The van der Waals surface area contributed by atoms with Crippen molar-refractivity contribution in [1.29, 1.82) is 0 Å². The number of nitrogens with two attached hydrogens (primary N) is 1. The van der Waals surface area contributed by atoms with E-state index in [9.17, 15) is 9.90 Å². The number of carbonyl (C=O) groups excluding carboxylic acids is 1. The van der Waals surface area contributed by atoms with Gasteiger partial charge < -0.3 is 16.2 Å². The van der Waals surface area contributed by atoms with E-state index in [-0.39, 0.29) is 5.92 Å². The number of nitrogens with one attached hydrogen (secondary N) is 1. The molecule has 1 amide bonds. The van der Waals surface area contributed by atoms with Gasteiger partial charge in [-0.25, -0.2) is 0 Å². The first-order valence-electron chi connectivity index (χ1n) is 10.4. The van der Waals surface area contributed by atoms with Crippen molar-refractivity contribution >= 4 is 5.91 Å². The lowest BCUT2D eigenvalue weighted by atomic mass is 9.84. The average Bonchev–Trinajstić information content (AvgIpc) is 2.71. The van der Waals surface area contributed by atoms with E-state index < -0.39 is 12.0 Å². The molecular formula is C24H34N2O2. The maximum atomic E-state index is 11.9. The molecule has 0 aliphatic heterocycles. The van der Waals surface area contributed by atoms with Crippen LogP contribution in [0.3, 0.4) is 0 Å². The summed E-state index contributed by atoms with van der Waals surface area (Å²) in [5, 5.41) is 14.5. The molecule has 0 aromatic heterocycles. The maximum Gasteiger partial charge on any atom is 0.248 e. The second kappa shape index (κ2) is 11.6. The molecule has 2 aromatic carbocycles. The molecule has 28 heavy (non-hydrogen) atoms. The van der Waals surface area contributed by atoms with Crippen molar-refractivity contribution in [1.82, 2.24) is 5.32 Å². The van der Waals surface area contributed by atoms with Crippen LogP contribution >= 0.6 is 0 Å². The molecule has 0 aliphatic rings. The highest BCUT2D eigenvalue weighted by molar-refractivity contribution is 5.94. The Morgan fingerprint density at radius 1 is 1.07 bits per heavy atom. The van der Waals surface area contributed by atoms with E-state index in [1.165, 1.54) is 19.3 Å². The third-order valence-corrected chi connectivity index (χ3v) is 5.30. The van der Waals surface area contributed by atoms with Crippen molar-refractivity contribution in [2.24, 2.45) is 5.73 Å². The normalized spacial score (nSPS) is 14.4. The van der Waals surface area contributed by atoms with Gasteiger partial charge in [-0.05, 0) is 37.0 Å².